The molecule has 0 amide bonds. The van der Waals surface area contributed by atoms with Crippen molar-refractivity contribution in [3.63, 3.8) is 0 Å². The van der Waals surface area contributed by atoms with E-state index in [0.717, 1.165) is 3.79 Å². The molecule has 0 fully saturated rings. The number of hydrogen-bond donors (Lipinski definition) is 0. The molecule has 2 aromatic rings. The monoisotopic (exact) mass is 324 g/mol. The number of ether oxygens (including phenoxy) is 1. The van der Waals surface area contributed by atoms with Gasteiger partial charge in [-0.25, -0.2) is 4.79 Å². The van der Waals surface area contributed by atoms with E-state index in [-0.39, 0.29) is 5.78 Å². The fourth-order valence-corrected chi connectivity index (χ4v) is 2.60. The van der Waals surface area contributed by atoms with Gasteiger partial charge in [-0.05, 0) is 59.3 Å². The van der Waals surface area contributed by atoms with E-state index in [0.29, 0.717) is 16.2 Å². The lowest BCUT2D eigenvalue weighted by molar-refractivity contribution is 0.0740. The number of rotatable bonds is 3. The largest absolute Gasteiger partial charge is 0.422 e. The molecule has 0 unspecified atom stereocenters. The van der Waals surface area contributed by atoms with Crippen molar-refractivity contribution in [2.45, 2.75) is 6.92 Å². The van der Waals surface area contributed by atoms with Gasteiger partial charge in [0.25, 0.3) is 0 Å². The SMILES string of the molecule is CC(=O)c1ccc(OC(=O)c2ccc(Br)s2)cc1. The van der Waals surface area contributed by atoms with Crippen LogP contribution in [0.3, 0.4) is 0 Å². The van der Waals surface area contributed by atoms with Crippen LogP contribution < -0.4 is 4.74 Å². The van der Waals surface area contributed by atoms with Crippen molar-refractivity contribution in [2.24, 2.45) is 0 Å². The highest BCUT2D eigenvalue weighted by molar-refractivity contribution is 9.11. The second kappa shape index (κ2) is 5.46. The lowest BCUT2D eigenvalue weighted by Crippen LogP contribution is -2.06. The molecule has 5 heteroatoms. The molecule has 2 rings (SSSR count). The molecule has 0 saturated heterocycles. The summed E-state index contributed by atoms with van der Waals surface area (Å²) in [6, 6.07) is 9.97. The molecule has 0 bridgehead atoms. The Bertz CT molecular complexity index is 587. The highest BCUT2D eigenvalue weighted by Crippen LogP contribution is 2.23. The molecule has 1 heterocycles. The van der Waals surface area contributed by atoms with Crippen molar-refractivity contribution >= 4 is 39.0 Å². The minimum atomic E-state index is -0.402. The van der Waals surface area contributed by atoms with Gasteiger partial charge in [-0.3, -0.25) is 4.79 Å². The van der Waals surface area contributed by atoms with Crippen molar-refractivity contribution in [1.29, 1.82) is 0 Å². The number of thiophene rings is 1. The Kier molecular flexibility index (Phi) is 3.93. The maximum absolute atomic E-state index is 11.7. The summed E-state index contributed by atoms with van der Waals surface area (Å²) in [6.45, 7) is 1.49. The zero-order chi connectivity index (χ0) is 13.1. The first kappa shape index (κ1) is 13.0. The van der Waals surface area contributed by atoms with Gasteiger partial charge in [-0.15, -0.1) is 11.3 Å². The molecule has 0 aliphatic rings. The standard InChI is InChI=1S/C13H9BrO3S/c1-8(15)9-2-4-10(5-3-9)17-13(16)11-6-7-12(14)18-11/h2-7H,1H3. The summed E-state index contributed by atoms with van der Waals surface area (Å²) < 4.78 is 6.06. The van der Waals surface area contributed by atoms with Crippen molar-refractivity contribution in [2.75, 3.05) is 0 Å². The first-order valence-corrected chi connectivity index (χ1v) is 6.76. The van der Waals surface area contributed by atoms with E-state index in [1.807, 2.05) is 0 Å². The Morgan fingerprint density at radius 2 is 1.78 bits per heavy atom. The van der Waals surface area contributed by atoms with Crippen molar-refractivity contribution in [3.05, 3.63) is 50.6 Å². The summed E-state index contributed by atoms with van der Waals surface area (Å²) in [5.41, 5.74) is 0.591. The first-order chi connectivity index (χ1) is 8.56. The summed E-state index contributed by atoms with van der Waals surface area (Å²) in [5.74, 6) is 0.00543. The fraction of sp³-hybridized carbons (Fsp3) is 0.0769. The molecule has 1 aromatic carbocycles. The second-order valence-electron chi connectivity index (χ2n) is 3.57. The van der Waals surface area contributed by atoms with Crippen LogP contribution in [0.15, 0.2) is 40.2 Å². The molecule has 1 aromatic heterocycles. The molecule has 0 spiro atoms. The molecule has 3 nitrogen and oxygen atoms in total. The van der Waals surface area contributed by atoms with E-state index in [2.05, 4.69) is 15.9 Å². The quantitative estimate of drug-likeness (QED) is 0.488. The number of halogens is 1. The summed E-state index contributed by atoms with van der Waals surface area (Å²) in [5, 5.41) is 0. The van der Waals surface area contributed by atoms with Crippen LogP contribution in [0.2, 0.25) is 0 Å². The average Bonchev–Trinajstić information content (AvgIpc) is 2.76. The van der Waals surface area contributed by atoms with Gasteiger partial charge in [0.1, 0.15) is 10.6 Å². The molecule has 92 valence electrons. The summed E-state index contributed by atoms with van der Waals surface area (Å²) >= 11 is 4.60. The van der Waals surface area contributed by atoms with Crippen LogP contribution in [-0.4, -0.2) is 11.8 Å². The van der Waals surface area contributed by atoms with E-state index >= 15 is 0 Å². The van der Waals surface area contributed by atoms with Crippen molar-refractivity contribution in [1.82, 2.24) is 0 Å². The van der Waals surface area contributed by atoms with Gasteiger partial charge >= 0.3 is 5.97 Å². The molecular formula is C13H9BrO3S. The molecule has 0 saturated carbocycles. The van der Waals surface area contributed by atoms with E-state index in [9.17, 15) is 9.59 Å². The third-order valence-corrected chi connectivity index (χ3v) is 3.85. The number of hydrogen-bond acceptors (Lipinski definition) is 4. The Labute approximate surface area is 117 Å². The van der Waals surface area contributed by atoms with Crippen LogP contribution in [0.25, 0.3) is 0 Å². The van der Waals surface area contributed by atoms with Crippen LogP contribution >= 0.6 is 27.3 Å². The molecular weight excluding hydrogens is 316 g/mol. The van der Waals surface area contributed by atoms with Crippen molar-refractivity contribution < 1.29 is 14.3 Å². The molecule has 0 radical (unpaired) electrons. The van der Waals surface area contributed by atoms with Gasteiger partial charge in [-0.1, -0.05) is 0 Å². The third-order valence-electron chi connectivity index (χ3n) is 2.25. The predicted molar refractivity (Wildman–Crippen MR) is 73.4 cm³/mol. The third kappa shape index (κ3) is 3.05. The summed E-state index contributed by atoms with van der Waals surface area (Å²) in [4.78, 5) is 23.4. The van der Waals surface area contributed by atoms with Gasteiger partial charge in [0.15, 0.2) is 5.78 Å². The van der Waals surface area contributed by atoms with Gasteiger partial charge in [0.05, 0.1) is 3.79 Å². The number of Topliss-reactive ketones (excluding diaryl/α,β-unsaturated/α-hetero) is 1. The van der Waals surface area contributed by atoms with Crippen LogP contribution in [0, 0.1) is 0 Å². The molecule has 18 heavy (non-hydrogen) atoms. The summed E-state index contributed by atoms with van der Waals surface area (Å²) in [6.07, 6.45) is 0. The number of benzene rings is 1. The summed E-state index contributed by atoms with van der Waals surface area (Å²) in [7, 11) is 0. The highest BCUT2D eigenvalue weighted by atomic mass is 79.9. The minimum absolute atomic E-state index is 0.0185. The van der Waals surface area contributed by atoms with Crippen LogP contribution in [0.4, 0.5) is 0 Å². The van der Waals surface area contributed by atoms with E-state index in [1.165, 1.54) is 18.3 Å². The van der Waals surface area contributed by atoms with Gasteiger partial charge in [-0.2, -0.15) is 0 Å². The Hall–Kier alpha value is -1.46. The zero-order valence-electron chi connectivity index (χ0n) is 9.48. The van der Waals surface area contributed by atoms with Gasteiger partial charge in [0.2, 0.25) is 0 Å². The minimum Gasteiger partial charge on any atom is -0.422 e. The maximum atomic E-state index is 11.7. The molecule has 0 aliphatic carbocycles. The number of esters is 1. The van der Waals surface area contributed by atoms with Crippen LogP contribution in [0.1, 0.15) is 27.0 Å². The Morgan fingerprint density at radius 3 is 2.28 bits per heavy atom. The average molecular weight is 325 g/mol. The Morgan fingerprint density at radius 1 is 1.11 bits per heavy atom. The smallest absolute Gasteiger partial charge is 0.353 e. The van der Waals surface area contributed by atoms with Crippen molar-refractivity contribution in [3.8, 4) is 5.75 Å². The lowest BCUT2D eigenvalue weighted by Gasteiger charge is -2.03. The first-order valence-electron chi connectivity index (χ1n) is 5.15. The van der Waals surface area contributed by atoms with Gasteiger partial charge in [0, 0.05) is 5.56 Å². The number of carbonyl (C=O) groups is 2. The maximum Gasteiger partial charge on any atom is 0.353 e. The predicted octanol–water partition coefficient (Wildman–Crippen LogP) is 3.93. The zero-order valence-corrected chi connectivity index (χ0v) is 11.9. The highest BCUT2D eigenvalue weighted by Gasteiger charge is 2.11. The molecule has 0 atom stereocenters. The normalized spacial score (nSPS) is 10.1. The Balaban J connectivity index is 2.10. The van der Waals surface area contributed by atoms with E-state index < -0.39 is 5.97 Å². The van der Waals surface area contributed by atoms with Crippen LogP contribution in [-0.2, 0) is 0 Å². The molecule has 0 N–H and O–H groups in total. The van der Waals surface area contributed by atoms with E-state index in [1.54, 1.807) is 36.4 Å². The fourth-order valence-electron chi connectivity index (χ4n) is 1.34. The number of ketones is 1. The second-order valence-corrected chi connectivity index (χ2v) is 6.04. The lowest BCUT2D eigenvalue weighted by atomic mass is 10.1. The van der Waals surface area contributed by atoms with Gasteiger partial charge < -0.3 is 4.74 Å². The van der Waals surface area contributed by atoms with Crippen LogP contribution in [0.5, 0.6) is 5.75 Å². The topological polar surface area (TPSA) is 43.4 Å². The van der Waals surface area contributed by atoms with E-state index in [4.69, 9.17) is 4.74 Å². The molecule has 0 aliphatic heterocycles. The number of carbonyl (C=O) groups excluding carboxylic acids is 2.